The molecule has 0 saturated heterocycles. The van der Waals surface area contributed by atoms with Gasteiger partial charge >= 0.3 is 0 Å². The van der Waals surface area contributed by atoms with Gasteiger partial charge in [-0.05, 0) is 17.7 Å². The summed E-state index contributed by atoms with van der Waals surface area (Å²) in [4.78, 5) is 12.3. The van der Waals surface area contributed by atoms with Crippen LogP contribution in [0.4, 0.5) is 5.69 Å². The Bertz CT molecular complexity index is 394. The normalized spacial score (nSPS) is 11.3. The van der Waals surface area contributed by atoms with Crippen LogP contribution in [0, 0.1) is 10.1 Å². The summed E-state index contributed by atoms with van der Waals surface area (Å²) in [6, 6.07) is 7.65. The van der Waals surface area contributed by atoms with E-state index in [0.29, 0.717) is 6.42 Å². The van der Waals surface area contributed by atoms with E-state index < -0.39 is 0 Å². The van der Waals surface area contributed by atoms with Crippen molar-refractivity contribution in [1.82, 2.24) is 0 Å². The highest BCUT2D eigenvalue weighted by atomic mass is 16.6. The molecule has 0 spiro atoms. The summed E-state index contributed by atoms with van der Waals surface area (Å²) in [5, 5.41) is 10.6. The van der Waals surface area contributed by atoms with Gasteiger partial charge in [0.1, 0.15) is 0 Å². The van der Waals surface area contributed by atoms with Crippen molar-refractivity contribution in [3.05, 3.63) is 45.6 Å². The molecule has 0 aliphatic rings. The van der Waals surface area contributed by atoms with E-state index in [0.717, 1.165) is 11.3 Å². The van der Waals surface area contributed by atoms with Crippen molar-refractivity contribution in [1.29, 1.82) is 0 Å². The van der Waals surface area contributed by atoms with E-state index in [1.165, 1.54) is 0 Å². The second kappa shape index (κ2) is 5.30. The molecule has 16 heavy (non-hydrogen) atoms. The first-order valence-corrected chi connectivity index (χ1v) is 5.17. The van der Waals surface area contributed by atoms with Gasteiger partial charge in [0.15, 0.2) is 0 Å². The molecule has 1 aromatic carbocycles. The van der Waals surface area contributed by atoms with Gasteiger partial charge in [-0.15, -0.1) is 0 Å². The third-order valence-electron chi connectivity index (χ3n) is 2.34. The fourth-order valence-corrected chi connectivity index (χ4v) is 1.34. The van der Waals surface area contributed by atoms with E-state index >= 15 is 0 Å². The number of benzene rings is 1. The average Bonchev–Trinajstić information content (AvgIpc) is 2.26. The van der Waals surface area contributed by atoms with E-state index in [9.17, 15) is 10.1 Å². The molecule has 1 rings (SSSR count). The lowest BCUT2D eigenvalue weighted by atomic mass is 10.1. The molecule has 0 aromatic heterocycles. The van der Waals surface area contributed by atoms with Crippen LogP contribution in [0.15, 0.2) is 30.0 Å². The maximum absolute atomic E-state index is 10.6. The topological polar surface area (TPSA) is 46.4 Å². The first kappa shape index (κ1) is 12.2. The maximum atomic E-state index is 10.6. The van der Waals surface area contributed by atoms with Crippen LogP contribution in [0.5, 0.6) is 0 Å². The van der Waals surface area contributed by atoms with Crippen molar-refractivity contribution < 1.29 is 4.92 Å². The lowest BCUT2D eigenvalue weighted by Crippen LogP contribution is -2.07. The highest BCUT2D eigenvalue weighted by Crippen LogP contribution is 2.15. The molecule has 0 heterocycles. The fourth-order valence-electron chi connectivity index (χ4n) is 1.34. The number of rotatable bonds is 4. The van der Waals surface area contributed by atoms with Crippen molar-refractivity contribution in [3.8, 4) is 0 Å². The van der Waals surface area contributed by atoms with Gasteiger partial charge in [0, 0.05) is 32.3 Å². The first-order chi connectivity index (χ1) is 7.54. The molecule has 0 unspecified atom stereocenters. The molecule has 4 nitrogen and oxygen atoms in total. The Hall–Kier alpha value is -1.84. The Morgan fingerprint density at radius 3 is 2.31 bits per heavy atom. The molecular weight excluding hydrogens is 204 g/mol. The molecule has 0 saturated carbocycles. The SMILES string of the molecule is CC/C(=C\c1ccc(N(C)C)cc1)[N+](=O)[O-]. The Morgan fingerprint density at radius 2 is 1.94 bits per heavy atom. The maximum Gasteiger partial charge on any atom is 0.246 e. The highest BCUT2D eigenvalue weighted by Gasteiger charge is 2.06. The fraction of sp³-hybridized carbons (Fsp3) is 0.333. The lowest BCUT2D eigenvalue weighted by molar-refractivity contribution is -0.425. The smallest absolute Gasteiger partial charge is 0.246 e. The summed E-state index contributed by atoms with van der Waals surface area (Å²) in [5.74, 6) is 0. The zero-order valence-corrected chi connectivity index (χ0v) is 9.80. The van der Waals surface area contributed by atoms with Gasteiger partial charge in [0.2, 0.25) is 5.70 Å². The first-order valence-electron chi connectivity index (χ1n) is 5.17. The molecule has 0 fully saturated rings. The Kier molecular flexibility index (Phi) is 4.05. The highest BCUT2D eigenvalue weighted by molar-refractivity contribution is 5.56. The van der Waals surface area contributed by atoms with E-state index in [4.69, 9.17) is 0 Å². The number of nitro groups is 1. The molecule has 0 aliphatic heterocycles. The molecule has 0 radical (unpaired) electrons. The second-order valence-electron chi connectivity index (χ2n) is 3.73. The van der Waals surface area contributed by atoms with Gasteiger partial charge in [-0.1, -0.05) is 19.1 Å². The van der Waals surface area contributed by atoms with Crippen LogP contribution >= 0.6 is 0 Å². The second-order valence-corrected chi connectivity index (χ2v) is 3.73. The van der Waals surface area contributed by atoms with E-state index in [1.807, 2.05) is 43.3 Å². The number of allylic oxidation sites excluding steroid dienone is 1. The van der Waals surface area contributed by atoms with Crippen molar-refractivity contribution in [3.63, 3.8) is 0 Å². The van der Waals surface area contributed by atoms with Crippen molar-refractivity contribution in [2.45, 2.75) is 13.3 Å². The molecule has 1 aromatic rings. The molecule has 0 amide bonds. The van der Waals surface area contributed by atoms with Gasteiger partial charge in [-0.25, -0.2) is 0 Å². The largest absolute Gasteiger partial charge is 0.378 e. The molecule has 86 valence electrons. The van der Waals surface area contributed by atoms with Gasteiger partial charge in [0.25, 0.3) is 0 Å². The van der Waals surface area contributed by atoms with Crippen LogP contribution in [0.1, 0.15) is 18.9 Å². The van der Waals surface area contributed by atoms with Gasteiger partial charge < -0.3 is 4.90 Å². The number of hydrogen-bond acceptors (Lipinski definition) is 3. The summed E-state index contributed by atoms with van der Waals surface area (Å²) < 4.78 is 0. The Morgan fingerprint density at radius 1 is 1.38 bits per heavy atom. The van der Waals surface area contributed by atoms with Crippen LogP contribution in [0.3, 0.4) is 0 Å². The van der Waals surface area contributed by atoms with Gasteiger partial charge in [-0.2, -0.15) is 0 Å². The number of nitrogens with zero attached hydrogens (tertiary/aromatic N) is 2. The third-order valence-corrected chi connectivity index (χ3v) is 2.34. The molecule has 0 atom stereocenters. The Balaban J connectivity index is 2.94. The van der Waals surface area contributed by atoms with Crippen molar-refractivity contribution >= 4 is 11.8 Å². The van der Waals surface area contributed by atoms with Crippen LogP contribution in [-0.4, -0.2) is 19.0 Å². The zero-order chi connectivity index (χ0) is 12.1. The number of anilines is 1. The van der Waals surface area contributed by atoms with Gasteiger partial charge in [0.05, 0.1) is 4.92 Å². The van der Waals surface area contributed by atoms with Crippen molar-refractivity contribution in [2.24, 2.45) is 0 Å². The Labute approximate surface area is 95.3 Å². The van der Waals surface area contributed by atoms with Crippen LogP contribution in [0.25, 0.3) is 6.08 Å². The average molecular weight is 220 g/mol. The molecular formula is C12H16N2O2. The third kappa shape index (κ3) is 3.08. The van der Waals surface area contributed by atoms with E-state index in [-0.39, 0.29) is 10.6 Å². The molecule has 0 aliphatic carbocycles. The van der Waals surface area contributed by atoms with Crippen LogP contribution < -0.4 is 4.90 Å². The van der Waals surface area contributed by atoms with Crippen LogP contribution in [0.2, 0.25) is 0 Å². The molecule has 0 N–H and O–H groups in total. The number of hydrogen-bond donors (Lipinski definition) is 0. The monoisotopic (exact) mass is 220 g/mol. The summed E-state index contributed by atoms with van der Waals surface area (Å²) in [7, 11) is 3.92. The molecule has 4 heteroatoms. The minimum atomic E-state index is -0.333. The predicted octanol–water partition coefficient (Wildman–Crippen LogP) is 2.78. The summed E-state index contributed by atoms with van der Waals surface area (Å²) in [6.45, 7) is 1.78. The quantitative estimate of drug-likeness (QED) is 0.579. The predicted molar refractivity (Wildman–Crippen MR) is 66.0 cm³/mol. The van der Waals surface area contributed by atoms with E-state index in [2.05, 4.69) is 0 Å². The summed E-state index contributed by atoms with van der Waals surface area (Å²) in [6.07, 6.45) is 2.04. The van der Waals surface area contributed by atoms with Crippen molar-refractivity contribution in [2.75, 3.05) is 19.0 Å². The summed E-state index contributed by atoms with van der Waals surface area (Å²) >= 11 is 0. The van der Waals surface area contributed by atoms with Gasteiger partial charge in [-0.3, -0.25) is 10.1 Å². The van der Waals surface area contributed by atoms with Crippen LogP contribution in [-0.2, 0) is 0 Å². The lowest BCUT2D eigenvalue weighted by Gasteiger charge is -2.11. The zero-order valence-electron chi connectivity index (χ0n) is 9.80. The minimum absolute atomic E-state index is 0.234. The summed E-state index contributed by atoms with van der Waals surface area (Å²) in [5.41, 5.74) is 2.17. The minimum Gasteiger partial charge on any atom is -0.378 e. The standard InChI is InChI=1S/C12H16N2O2/c1-4-11(14(15)16)9-10-5-7-12(8-6-10)13(2)3/h5-9H,4H2,1-3H3/b11-9+. The van der Waals surface area contributed by atoms with E-state index in [1.54, 1.807) is 13.0 Å². The molecule has 0 bridgehead atoms.